The van der Waals surface area contributed by atoms with Crippen molar-refractivity contribution in [3.05, 3.63) is 95.3 Å². The van der Waals surface area contributed by atoms with E-state index in [9.17, 15) is 23.2 Å². The summed E-state index contributed by atoms with van der Waals surface area (Å²) in [6.07, 6.45) is -1.76. The quantitative estimate of drug-likeness (QED) is 0.435. The second kappa shape index (κ2) is 9.59. The Balaban J connectivity index is 1.83. The van der Waals surface area contributed by atoms with Crippen molar-refractivity contribution in [2.75, 3.05) is 5.32 Å². The average Bonchev–Trinajstić information content (AvgIpc) is 2.77. The number of alkyl halides is 3. The van der Waals surface area contributed by atoms with Gasteiger partial charge in [0.1, 0.15) is 24.0 Å². The summed E-state index contributed by atoms with van der Waals surface area (Å²) >= 11 is 0. The lowest BCUT2D eigenvalue weighted by Crippen LogP contribution is -2.17. The van der Waals surface area contributed by atoms with Gasteiger partial charge in [-0.2, -0.15) is 18.4 Å². The highest BCUT2D eigenvalue weighted by Crippen LogP contribution is 2.34. The van der Waals surface area contributed by atoms with Crippen molar-refractivity contribution >= 4 is 17.7 Å². The molecule has 1 aromatic heterocycles. The van der Waals surface area contributed by atoms with Crippen molar-refractivity contribution < 1.29 is 22.7 Å². The molecule has 0 radical (unpaired) electrons. The van der Waals surface area contributed by atoms with Gasteiger partial charge in [0.05, 0.1) is 16.9 Å². The van der Waals surface area contributed by atoms with Gasteiger partial charge in [0, 0.05) is 11.8 Å². The molecule has 2 aromatic carbocycles. The Bertz CT molecular complexity index is 1140. The lowest BCUT2D eigenvalue weighted by molar-refractivity contribution is -0.137. The molecular weight excluding hydrogens is 407 g/mol. The number of carbonyl (C=O) groups excluding carboxylic acids is 1. The molecule has 3 rings (SSSR count). The summed E-state index contributed by atoms with van der Waals surface area (Å²) in [6.45, 7) is 0.165. The standard InChI is InChI=1S/C23H16F3N3O2/c24-23(25,26)19-9-2-3-10-20(19)29-22(30)17(14-27)13-16-7-1-4-11-21(16)31-15-18-8-5-6-12-28-18/h1-13H,15H2,(H,29,30)/b17-13+. The first kappa shape index (κ1) is 21.6. The van der Waals surface area contributed by atoms with E-state index in [1.165, 1.54) is 18.2 Å². The first-order valence-corrected chi connectivity index (χ1v) is 9.09. The molecule has 0 aliphatic carbocycles. The second-order valence-electron chi connectivity index (χ2n) is 6.31. The number of hydrogen-bond donors (Lipinski definition) is 1. The summed E-state index contributed by atoms with van der Waals surface area (Å²) in [5.74, 6) is -0.567. The lowest BCUT2D eigenvalue weighted by Gasteiger charge is -2.13. The van der Waals surface area contributed by atoms with Crippen molar-refractivity contribution in [3.8, 4) is 11.8 Å². The fourth-order valence-corrected chi connectivity index (χ4v) is 2.70. The summed E-state index contributed by atoms with van der Waals surface area (Å²) < 4.78 is 45.2. The number of nitriles is 1. The van der Waals surface area contributed by atoms with Crippen LogP contribution in [0.25, 0.3) is 6.08 Å². The smallest absolute Gasteiger partial charge is 0.418 e. The molecule has 3 aromatic rings. The highest BCUT2D eigenvalue weighted by Gasteiger charge is 2.33. The van der Waals surface area contributed by atoms with E-state index in [1.54, 1.807) is 48.7 Å². The first-order chi connectivity index (χ1) is 14.9. The van der Waals surface area contributed by atoms with Crippen molar-refractivity contribution in [1.29, 1.82) is 5.26 Å². The molecule has 5 nitrogen and oxygen atoms in total. The summed E-state index contributed by atoms with van der Waals surface area (Å²) in [5, 5.41) is 11.6. The van der Waals surface area contributed by atoms with Gasteiger partial charge in [0.15, 0.2) is 0 Å². The topological polar surface area (TPSA) is 75.0 Å². The van der Waals surface area contributed by atoms with Crippen LogP contribution in [0.5, 0.6) is 5.75 Å². The number of pyridine rings is 1. The van der Waals surface area contributed by atoms with Gasteiger partial charge in [-0.25, -0.2) is 0 Å². The number of amides is 1. The number of nitrogens with zero attached hydrogens (tertiary/aromatic N) is 2. The van der Waals surface area contributed by atoms with Crippen LogP contribution in [0.15, 0.2) is 78.5 Å². The van der Waals surface area contributed by atoms with E-state index < -0.39 is 23.3 Å². The molecule has 156 valence electrons. The summed E-state index contributed by atoms with van der Waals surface area (Å²) in [7, 11) is 0. The molecule has 0 aliphatic heterocycles. The zero-order valence-corrected chi connectivity index (χ0v) is 16.1. The van der Waals surface area contributed by atoms with Crippen LogP contribution in [0.2, 0.25) is 0 Å². The van der Waals surface area contributed by atoms with Crippen molar-refractivity contribution in [2.45, 2.75) is 12.8 Å². The van der Waals surface area contributed by atoms with E-state index >= 15 is 0 Å². The summed E-state index contributed by atoms with van der Waals surface area (Å²) in [5.41, 5.74) is -0.691. The van der Waals surface area contributed by atoms with Gasteiger partial charge in [0.25, 0.3) is 5.91 Å². The Labute approximate surface area is 176 Å². The average molecular weight is 423 g/mol. The fraction of sp³-hybridized carbons (Fsp3) is 0.0870. The van der Waals surface area contributed by atoms with Crippen molar-refractivity contribution in [1.82, 2.24) is 4.98 Å². The zero-order valence-electron chi connectivity index (χ0n) is 16.1. The molecule has 1 heterocycles. The Morgan fingerprint density at radius 2 is 1.77 bits per heavy atom. The molecule has 0 aliphatic rings. The fourth-order valence-electron chi connectivity index (χ4n) is 2.70. The highest BCUT2D eigenvalue weighted by atomic mass is 19.4. The van der Waals surface area contributed by atoms with Crippen LogP contribution in [0, 0.1) is 11.3 Å². The van der Waals surface area contributed by atoms with Gasteiger partial charge in [-0.1, -0.05) is 36.4 Å². The predicted octanol–water partition coefficient (Wildman–Crippen LogP) is 5.23. The monoisotopic (exact) mass is 423 g/mol. The third-order valence-corrected chi connectivity index (χ3v) is 4.17. The van der Waals surface area contributed by atoms with Gasteiger partial charge in [-0.3, -0.25) is 9.78 Å². The molecule has 0 spiro atoms. The van der Waals surface area contributed by atoms with Gasteiger partial charge in [-0.15, -0.1) is 0 Å². The number of nitrogens with one attached hydrogen (secondary N) is 1. The number of halogens is 3. The maximum Gasteiger partial charge on any atom is 0.418 e. The number of ether oxygens (including phenoxy) is 1. The largest absolute Gasteiger partial charge is 0.487 e. The minimum atomic E-state index is -4.65. The number of benzene rings is 2. The summed E-state index contributed by atoms with van der Waals surface area (Å²) in [4.78, 5) is 16.7. The normalized spacial score (nSPS) is 11.5. The number of carbonyl (C=O) groups is 1. The van der Waals surface area contributed by atoms with Crippen LogP contribution >= 0.6 is 0 Å². The predicted molar refractivity (Wildman–Crippen MR) is 109 cm³/mol. The Hall–Kier alpha value is -4.12. The number of rotatable bonds is 6. The number of para-hydroxylation sites is 2. The third-order valence-electron chi connectivity index (χ3n) is 4.17. The Morgan fingerprint density at radius 3 is 2.48 bits per heavy atom. The van der Waals surface area contributed by atoms with Crippen molar-refractivity contribution in [2.24, 2.45) is 0 Å². The third kappa shape index (κ3) is 5.70. The second-order valence-corrected chi connectivity index (χ2v) is 6.31. The molecule has 0 bridgehead atoms. The Kier molecular flexibility index (Phi) is 6.67. The maximum absolute atomic E-state index is 13.2. The van der Waals surface area contributed by atoms with Gasteiger partial charge in [0.2, 0.25) is 0 Å². The molecule has 1 amide bonds. The highest BCUT2D eigenvalue weighted by molar-refractivity contribution is 6.10. The minimum absolute atomic E-state index is 0.165. The molecule has 31 heavy (non-hydrogen) atoms. The zero-order chi connectivity index (χ0) is 22.3. The molecule has 0 saturated carbocycles. The van der Waals surface area contributed by atoms with Crippen LogP contribution in [-0.4, -0.2) is 10.9 Å². The molecule has 0 atom stereocenters. The molecular formula is C23H16F3N3O2. The molecule has 1 N–H and O–H groups in total. The maximum atomic E-state index is 13.2. The van der Waals surface area contributed by atoms with Crippen LogP contribution in [0.1, 0.15) is 16.8 Å². The number of aromatic nitrogens is 1. The first-order valence-electron chi connectivity index (χ1n) is 9.09. The van der Waals surface area contributed by atoms with Crippen LogP contribution in [0.4, 0.5) is 18.9 Å². The van der Waals surface area contributed by atoms with Gasteiger partial charge < -0.3 is 10.1 Å². The minimum Gasteiger partial charge on any atom is -0.487 e. The SMILES string of the molecule is N#C/C(=C\c1ccccc1OCc1ccccn1)C(=O)Nc1ccccc1C(F)(F)F. The molecule has 0 saturated heterocycles. The molecule has 0 fully saturated rings. The van der Waals surface area contributed by atoms with E-state index in [4.69, 9.17) is 4.74 Å². The van der Waals surface area contributed by atoms with Crippen LogP contribution in [0.3, 0.4) is 0 Å². The van der Waals surface area contributed by atoms with Gasteiger partial charge >= 0.3 is 6.18 Å². The Morgan fingerprint density at radius 1 is 1.06 bits per heavy atom. The van der Waals surface area contributed by atoms with Crippen LogP contribution in [-0.2, 0) is 17.6 Å². The molecule has 0 unspecified atom stereocenters. The van der Waals surface area contributed by atoms with Crippen molar-refractivity contribution in [3.63, 3.8) is 0 Å². The van der Waals surface area contributed by atoms with E-state index in [2.05, 4.69) is 10.3 Å². The van der Waals surface area contributed by atoms with Crippen LogP contribution < -0.4 is 10.1 Å². The number of anilines is 1. The van der Waals surface area contributed by atoms with Gasteiger partial charge in [-0.05, 0) is 36.4 Å². The van der Waals surface area contributed by atoms with E-state index in [0.29, 0.717) is 17.0 Å². The lowest BCUT2D eigenvalue weighted by atomic mass is 10.1. The molecule has 8 heteroatoms. The van der Waals surface area contributed by atoms with E-state index in [0.717, 1.165) is 12.1 Å². The number of hydrogen-bond acceptors (Lipinski definition) is 4. The van der Waals surface area contributed by atoms with E-state index in [1.807, 2.05) is 6.07 Å². The van der Waals surface area contributed by atoms with E-state index in [-0.39, 0.29) is 12.2 Å². The summed E-state index contributed by atoms with van der Waals surface area (Å²) in [6, 6.07) is 18.3.